The van der Waals surface area contributed by atoms with Crippen molar-refractivity contribution in [1.82, 2.24) is 19.9 Å². The van der Waals surface area contributed by atoms with E-state index in [9.17, 15) is 14.7 Å². The zero-order valence-corrected chi connectivity index (χ0v) is 19.0. The largest absolute Gasteiger partial charge is 0.481 e. The first kappa shape index (κ1) is 24.3. The molecule has 8 heteroatoms. The lowest BCUT2D eigenvalue weighted by molar-refractivity contribution is -0.137. The van der Waals surface area contributed by atoms with Gasteiger partial charge < -0.3 is 19.4 Å². The van der Waals surface area contributed by atoms with Crippen molar-refractivity contribution < 1.29 is 19.2 Å². The third kappa shape index (κ3) is 6.79. The SMILES string of the molecule is CC.CN(C)C1CN(C(=O)c2noc(C(CCCC3CCCCC3)CC(=O)O)n2)C1. The van der Waals surface area contributed by atoms with Gasteiger partial charge in [0.05, 0.1) is 6.42 Å². The van der Waals surface area contributed by atoms with Gasteiger partial charge in [-0.05, 0) is 26.4 Å². The molecule has 3 rings (SSSR count). The highest BCUT2D eigenvalue weighted by atomic mass is 16.5. The fourth-order valence-corrected chi connectivity index (χ4v) is 4.23. The maximum Gasteiger partial charge on any atom is 0.304 e. The van der Waals surface area contributed by atoms with Crippen LogP contribution in [-0.2, 0) is 4.79 Å². The second-order valence-corrected chi connectivity index (χ2v) is 8.51. The molecular weight excluding hydrogens is 384 g/mol. The molecule has 0 spiro atoms. The fourth-order valence-electron chi connectivity index (χ4n) is 4.23. The van der Waals surface area contributed by atoms with E-state index in [1.807, 2.05) is 27.9 Å². The molecule has 0 bridgehead atoms. The van der Waals surface area contributed by atoms with Crippen molar-refractivity contribution in [3.63, 3.8) is 0 Å². The van der Waals surface area contributed by atoms with E-state index in [4.69, 9.17) is 4.52 Å². The van der Waals surface area contributed by atoms with Crippen LogP contribution in [0, 0.1) is 5.92 Å². The molecule has 1 N–H and O–H groups in total. The summed E-state index contributed by atoms with van der Waals surface area (Å²) in [5.41, 5.74) is 0. The molecule has 2 heterocycles. The van der Waals surface area contributed by atoms with E-state index < -0.39 is 5.97 Å². The van der Waals surface area contributed by atoms with Gasteiger partial charge in [0, 0.05) is 25.0 Å². The molecule has 1 aromatic heterocycles. The normalized spacial score (nSPS) is 18.5. The Morgan fingerprint density at radius 2 is 1.87 bits per heavy atom. The van der Waals surface area contributed by atoms with Crippen molar-refractivity contribution in [3.8, 4) is 0 Å². The van der Waals surface area contributed by atoms with Crippen LogP contribution in [0.25, 0.3) is 0 Å². The highest BCUT2D eigenvalue weighted by molar-refractivity contribution is 5.91. The van der Waals surface area contributed by atoms with Crippen LogP contribution in [0.5, 0.6) is 0 Å². The topological polar surface area (TPSA) is 99.8 Å². The minimum absolute atomic E-state index is 0.0369. The smallest absolute Gasteiger partial charge is 0.304 e. The number of hydrogen-bond donors (Lipinski definition) is 1. The predicted octanol–water partition coefficient (Wildman–Crippen LogP) is 3.79. The molecule has 2 fully saturated rings. The Labute approximate surface area is 180 Å². The molecule has 8 nitrogen and oxygen atoms in total. The van der Waals surface area contributed by atoms with Gasteiger partial charge in [-0.25, -0.2) is 0 Å². The van der Waals surface area contributed by atoms with Crippen LogP contribution in [0.2, 0.25) is 0 Å². The van der Waals surface area contributed by atoms with Crippen LogP contribution in [0.1, 0.15) is 94.1 Å². The van der Waals surface area contributed by atoms with Gasteiger partial charge in [0.15, 0.2) is 0 Å². The number of carboxylic acid groups (broad SMARTS) is 1. The summed E-state index contributed by atoms with van der Waals surface area (Å²) in [6.07, 6.45) is 9.24. The molecule has 1 amide bonds. The number of nitrogens with zero attached hydrogens (tertiary/aromatic N) is 4. The molecule has 1 unspecified atom stereocenters. The average Bonchev–Trinajstić information content (AvgIpc) is 3.18. The maximum absolute atomic E-state index is 12.5. The van der Waals surface area contributed by atoms with E-state index in [0.717, 1.165) is 18.8 Å². The number of carboxylic acids is 1. The molecule has 30 heavy (non-hydrogen) atoms. The Morgan fingerprint density at radius 3 is 2.47 bits per heavy atom. The first-order chi connectivity index (χ1) is 14.4. The van der Waals surface area contributed by atoms with Crippen LogP contribution < -0.4 is 0 Å². The quantitative estimate of drug-likeness (QED) is 0.646. The van der Waals surface area contributed by atoms with E-state index in [2.05, 4.69) is 15.0 Å². The van der Waals surface area contributed by atoms with E-state index in [-0.39, 0.29) is 30.0 Å². The molecule has 0 aromatic carbocycles. The molecule has 0 radical (unpaired) electrons. The Balaban J connectivity index is 0.00000155. The zero-order valence-electron chi connectivity index (χ0n) is 19.0. The van der Waals surface area contributed by atoms with Gasteiger partial charge in [0.1, 0.15) is 0 Å². The second-order valence-electron chi connectivity index (χ2n) is 8.51. The molecule has 1 aliphatic carbocycles. The minimum atomic E-state index is -0.884. The summed E-state index contributed by atoms with van der Waals surface area (Å²) >= 11 is 0. The second kappa shape index (κ2) is 12.0. The summed E-state index contributed by atoms with van der Waals surface area (Å²) in [6, 6.07) is 0.356. The molecular formula is C22H38N4O4. The number of aromatic nitrogens is 2. The molecule has 2 aliphatic rings. The van der Waals surface area contributed by atoms with Crippen molar-refractivity contribution in [3.05, 3.63) is 11.7 Å². The number of amides is 1. The standard InChI is InChI=1S/C20H32N4O4.C2H6/c1-23(2)16-12-24(13-16)20(27)18-21-19(28-22-18)15(11-17(25)26)10-6-9-14-7-4-3-5-8-14;1-2/h14-16H,3-13H2,1-2H3,(H,25,26);1-2H3. The number of likely N-dealkylation sites (tertiary alicyclic amines) is 1. The van der Waals surface area contributed by atoms with Crippen molar-refractivity contribution in [2.24, 2.45) is 5.92 Å². The van der Waals surface area contributed by atoms with Crippen LogP contribution >= 0.6 is 0 Å². The van der Waals surface area contributed by atoms with E-state index in [0.29, 0.717) is 25.6 Å². The number of rotatable bonds is 9. The van der Waals surface area contributed by atoms with Gasteiger partial charge in [0.2, 0.25) is 5.89 Å². The summed E-state index contributed by atoms with van der Waals surface area (Å²) in [5.74, 6) is -0.389. The fraction of sp³-hybridized carbons (Fsp3) is 0.818. The first-order valence-electron chi connectivity index (χ1n) is 11.4. The van der Waals surface area contributed by atoms with Crippen molar-refractivity contribution in [1.29, 1.82) is 0 Å². The Morgan fingerprint density at radius 1 is 1.20 bits per heavy atom. The molecule has 170 valence electrons. The predicted molar refractivity (Wildman–Crippen MR) is 114 cm³/mol. The molecule has 1 atom stereocenters. The van der Waals surface area contributed by atoms with Crippen molar-refractivity contribution in [2.45, 2.75) is 83.6 Å². The Hall–Kier alpha value is -1.96. The van der Waals surface area contributed by atoms with Crippen LogP contribution in [0.4, 0.5) is 0 Å². The number of likely N-dealkylation sites (N-methyl/N-ethyl adjacent to an activating group) is 1. The first-order valence-corrected chi connectivity index (χ1v) is 11.4. The van der Waals surface area contributed by atoms with Gasteiger partial charge in [-0.1, -0.05) is 63.9 Å². The number of carbonyl (C=O) groups is 2. The van der Waals surface area contributed by atoms with E-state index in [1.54, 1.807) is 4.90 Å². The Kier molecular flexibility index (Phi) is 9.75. The lowest BCUT2D eigenvalue weighted by atomic mass is 9.84. The number of aliphatic carboxylic acids is 1. The summed E-state index contributed by atoms with van der Waals surface area (Å²) in [5, 5.41) is 13.1. The zero-order chi connectivity index (χ0) is 22.1. The van der Waals surface area contributed by atoms with E-state index >= 15 is 0 Å². The number of hydrogen-bond acceptors (Lipinski definition) is 6. The molecule has 1 saturated carbocycles. The number of carbonyl (C=O) groups excluding carboxylic acids is 1. The van der Waals surface area contributed by atoms with Crippen LogP contribution in [-0.4, -0.2) is 70.2 Å². The summed E-state index contributed by atoms with van der Waals surface area (Å²) in [4.78, 5) is 31.8. The van der Waals surface area contributed by atoms with Crippen LogP contribution in [0.15, 0.2) is 4.52 Å². The lowest BCUT2D eigenvalue weighted by Crippen LogP contribution is -2.59. The molecule has 1 saturated heterocycles. The lowest BCUT2D eigenvalue weighted by Gasteiger charge is -2.42. The van der Waals surface area contributed by atoms with Gasteiger partial charge in [-0.2, -0.15) is 4.98 Å². The summed E-state index contributed by atoms with van der Waals surface area (Å²) in [6.45, 7) is 5.30. The van der Waals surface area contributed by atoms with Gasteiger partial charge >= 0.3 is 5.97 Å². The monoisotopic (exact) mass is 422 g/mol. The third-order valence-corrected chi connectivity index (χ3v) is 6.17. The van der Waals surface area contributed by atoms with Gasteiger partial charge in [0.25, 0.3) is 11.7 Å². The average molecular weight is 423 g/mol. The van der Waals surface area contributed by atoms with Gasteiger partial charge in [-0.3, -0.25) is 9.59 Å². The van der Waals surface area contributed by atoms with Crippen molar-refractivity contribution >= 4 is 11.9 Å². The van der Waals surface area contributed by atoms with Crippen molar-refractivity contribution in [2.75, 3.05) is 27.2 Å². The summed E-state index contributed by atoms with van der Waals surface area (Å²) < 4.78 is 5.30. The highest BCUT2D eigenvalue weighted by Gasteiger charge is 2.35. The van der Waals surface area contributed by atoms with Crippen LogP contribution in [0.3, 0.4) is 0 Å². The minimum Gasteiger partial charge on any atom is -0.481 e. The highest BCUT2D eigenvalue weighted by Crippen LogP contribution is 2.31. The molecule has 1 aromatic rings. The summed E-state index contributed by atoms with van der Waals surface area (Å²) in [7, 11) is 3.98. The van der Waals surface area contributed by atoms with E-state index in [1.165, 1.54) is 32.1 Å². The third-order valence-electron chi connectivity index (χ3n) is 6.17. The maximum atomic E-state index is 12.5. The molecule has 1 aliphatic heterocycles. The Bertz CT molecular complexity index is 664. The van der Waals surface area contributed by atoms with Gasteiger partial charge in [-0.15, -0.1) is 0 Å².